The van der Waals surface area contributed by atoms with Crippen molar-refractivity contribution in [2.75, 3.05) is 6.61 Å². The molecule has 0 radical (unpaired) electrons. The number of benzene rings is 2. The molecule has 0 amide bonds. The fourth-order valence-corrected chi connectivity index (χ4v) is 11.1. The van der Waals surface area contributed by atoms with Gasteiger partial charge in [0.2, 0.25) is 0 Å². The van der Waals surface area contributed by atoms with Gasteiger partial charge in [-0.25, -0.2) is 0 Å². The summed E-state index contributed by atoms with van der Waals surface area (Å²) in [6.45, 7) is 10.2. The van der Waals surface area contributed by atoms with E-state index in [1.54, 1.807) is 0 Å². The second-order valence-electron chi connectivity index (χ2n) is 13.9. The summed E-state index contributed by atoms with van der Waals surface area (Å²) in [5.74, 6) is 0. The molecule has 0 aliphatic rings. The molecule has 44 heavy (non-hydrogen) atoms. The van der Waals surface area contributed by atoms with Crippen LogP contribution in [0.3, 0.4) is 0 Å². The van der Waals surface area contributed by atoms with Crippen LogP contribution < -0.4 is 10.4 Å². The Morgan fingerprint density at radius 2 is 0.818 bits per heavy atom. The zero-order valence-corrected chi connectivity index (χ0v) is 30.3. The Hall–Kier alpha value is -1.90. The summed E-state index contributed by atoms with van der Waals surface area (Å²) in [7, 11) is -2.38. The zero-order valence-electron chi connectivity index (χ0n) is 29.3. The topological polar surface area (TPSA) is 9.23 Å². The molecule has 0 aliphatic heterocycles. The fourth-order valence-electron chi connectivity index (χ4n) is 6.52. The molecule has 0 aliphatic carbocycles. The van der Waals surface area contributed by atoms with E-state index in [1.165, 1.54) is 132 Å². The Bertz CT molecular complexity index is 932. The van der Waals surface area contributed by atoms with Crippen molar-refractivity contribution in [3.05, 3.63) is 85.0 Å². The number of hydrogen-bond donors (Lipinski definition) is 0. The zero-order chi connectivity index (χ0) is 31.6. The normalized spacial score (nSPS) is 12.5. The van der Waals surface area contributed by atoms with Crippen LogP contribution in [0.25, 0.3) is 0 Å². The maximum absolute atomic E-state index is 7.05. The molecule has 0 atom stereocenters. The standard InChI is InChI=1S/C42H68OSi/c1-5-6-7-8-9-10-11-12-13-14-15-16-17-18-19-20-21-22-23-24-25-26-27-34-39-43-44(42(2,3)4,40-35-30-28-31-36-40)41-37-32-29-33-38-41/h6-7,17-18,28-33,35-38H,5,8-16,19-27,34,39H2,1-4H3. The number of hydrogen-bond acceptors (Lipinski definition) is 1. The van der Waals surface area contributed by atoms with Gasteiger partial charge in [0.05, 0.1) is 0 Å². The molecule has 0 aromatic heterocycles. The number of rotatable bonds is 26. The van der Waals surface area contributed by atoms with E-state index in [0.717, 1.165) is 13.0 Å². The van der Waals surface area contributed by atoms with Crippen molar-refractivity contribution in [2.45, 2.75) is 161 Å². The molecule has 0 bridgehead atoms. The molecule has 0 heterocycles. The maximum Gasteiger partial charge on any atom is 0.261 e. The van der Waals surface area contributed by atoms with Crippen molar-refractivity contribution in [3.63, 3.8) is 0 Å². The van der Waals surface area contributed by atoms with E-state index in [0.29, 0.717) is 0 Å². The highest BCUT2D eigenvalue weighted by Gasteiger charge is 2.49. The van der Waals surface area contributed by atoms with Gasteiger partial charge in [-0.05, 0) is 66.8 Å². The van der Waals surface area contributed by atoms with Gasteiger partial charge in [0.1, 0.15) is 0 Å². The van der Waals surface area contributed by atoms with Gasteiger partial charge in [-0.15, -0.1) is 0 Å². The molecule has 0 saturated heterocycles. The van der Waals surface area contributed by atoms with Gasteiger partial charge >= 0.3 is 0 Å². The average Bonchev–Trinajstić information content (AvgIpc) is 3.03. The average molecular weight is 617 g/mol. The monoisotopic (exact) mass is 617 g/mol. The van der Waals surface area contributed by atoms with Crippen molar-refractivity contribution in [2.24, 2.45) is 0 Å². The highest BCUT2D eigenvalue weighted by atomic mass is 28.4. The molecule has 2 aromatic rings. The van der Waals surface area contributed by atoms with Crippen molar-refractivity contribution in [3.8, 4) is 0 Å². The van der Waals surface area contributed by atoms with E-state index in [4.69, 9.17) is 4.43 Å². The summed E-state index contributed by atoms with van der Waals surface area (Å²) < 4.78 is 7.05. The van der Waals surface area contributed by atoms with E-state index >= 15 is 0 Å². The lowest BCUT2D eigenvalue weighted by Gasteiger charge is -2.43. The van der Waals surface area contributed by atoms with Crippen molar-refractivity contribution >= 4 is 18.7 Å². The van der Waals surface area contributed by atoms with Crippen LogP contribution >= 0.6 is 0 Å². The van der Waals surface area contributed by atoms with Gasteiger partial charge in [-0.3, -0.25) is 0 Å². The summed E-state index contributed by atoms with van der Waals surface area (Å²) >= 11 is 0. The summed E-state index contributed by atoms with van der Waals surface area (Å²) in [5, 5.41) is 2.84. The molecular formula is C42H68OSi. The van der Waals surface area contributed by atoms with Crippen LogP contribution in [0.5, 0.6) is 0 Å². The Morgan fingerprint density at radius 3 is 1.18 bits per heavy atom. The van der Waals surface area contributed by atoms with E-state index in [-0.39, 0.29) is 5.04 Å². The van der Waals surface area contributed by atoms with Gasteiger partial charge in [0, 0.05) is 6.61 Å². The first kappa shape index (κ1) is 38.3. The Morgan fingerprint density at radius 1 is 0.477 bits per heavy atom. The highest BCUT2D eigenvalue weighted by molar-refractivity contribution is 6.99. The van der Waals surface area contributed by atoms with Crippen LogP contribution in [-0.4, -0.2) is 14.9 Å². The van der Waals surface area contributed by atoms with Crippen LogP contribution in [0.2, 0.25) is 5.04 Å². The molecule has 2 rings (SSSR count). The first-order chi connectivity index (χ1) is 21.5. The van der Waals surface area contributed by atoms with Crippen molar-refractivity contribution in [1.29, 1.82) is 0 Å². The van der Waals surface area contributed by atoms with E-state index in [9.17, 15) is 0 Å². The third-order valence-electron chi connectivity index (χ3n) is 9.06. The minimum Gasteiger partial charge on any atom is -0.407 e. The third-order valence-corrected chi connectivity index (χ3v) is 14.1. The Labute approximate surface area is 275 Å². The molecule has 0 unspecified atom stereocenters. The van der Waals surface area contributed by atoms with Crippen molar-refractivity contribution in [1.82, 2.24) is 0 Å². The number of allylic oxidation sites excluding steroid dienone is 4. The van der Waals surface area contributed by atoms with Crippen LogP contribution in [0.4, 0.5) is 0 Å². The molecule has 246 valence electrons. The fraction of sp³-hybridized carbons (Fsp3) is 0.619. The lowest BCUT2D eigenvalue weighted by molar-refractivity contribution is 0.286. The van der Waals surface area contributed by atoms with Crippen LogP contribution in [-0.2, 0) is 4.43 Å². The number of unbranched alkanes of at least 4 members (excludes halogenated alkanes) is 17. The SMILES string of the molecule is CCC=CCCCCCCCCCC=CCCCCCCCCCCCO[Si](c1ccccc1)(c1ccccc1)C(C)(C)C. The second-order valence-corrected chi connectivity index (χ2v) is 18.2. The van der Waals surface area contributed by atoms with Crippen LogP contribution in [0.1, 0.15) is 156 Å². The van der Waals surface area contributed by atoms with Gasteiger partial charge in [0.25, 0.3) is 8.32 Å². The molecular weight excluding hydrogens is 549 g/mol. The molecule has 2 aromatic carbocycles. The predicted molar refractivity (Wildman–Crippen MR) is 200 cm³/mol. The Kier molecular flexibility index (Phi) is 21.2. The quantitative estimate of drug-likeness (QED) is 0.0580. The van der Waals surface area contributed by atoms with Crippen LogP contribution in [0, 0.1) is 0 Å². The lowest BCUT2D eigenvalue weighted by atomic mass is 10.1. The third kappa shape index (κ3) is 15.4. The maximum atomic E-state index is 7.05. The predicted octanol–water partition coefficient (Wildman–Crippen LogP) is 12.5. The minimum atomic E-state index is -2.38. The smallest absolute Gasteiger partial charge is 0.261 e. The Balaban J connectivity index is 1.47. The van der Waals surface area contributed by atoms with Gasteiger partial charge in [-0.1, -0.05) is 190 Å². The summed E-state index contributed by atoms with van der Waals surface area (Å²) in [6.07, 6.45) is 36.5. The van der Waals surface area contributed by atoms with E-state index < -0.39 is 8.32 Å². The largest absolute Gasteiger partial charge is 0.407 e. The van der Waals surface area contributed by atoms with E-state index in [1.807, 2.05) is 0 Å². The first-order valence-electron chi connectivity index (χ1n) is 18.6. The summed E-state index contributed by atoms with van der Waals surface area (Å²) in [5.41, 5.74) is 0. The molecule has 1 nitrogen and oxygen atoms in total. The molecule has 0 saturated carbocycles. The highest BCUT2D eigenvalue weighted by Crippen LogP contribution is 2.36. The molecule has 0 spiro atoms. The van der Waals surface area contributed by atoms with Crippen molar-refractivity contribution < 1.29 is 4.43 Å². The minimum absolute atomic E-state index is 0.0660. The molecule has 0 N–H and O–H groups in total. The van der Waals surface area contributed by atoms with Gasteiger partial charge in [-0.2, -0.15) is 0 Å². The second kappa shape index (κ2) is 24.3. The van der Waals surface area contributed by atoms with E-state index in [2.05, 4.69) is 113 Å². The van der Waals surface area contributed by atoms with Crippen LogP contribution in [0.15, 0.2) is 85.0 Å². The van der Waals surface area contributed by atoms with Gasteiger partial charge in [0.15, 0.2) is 0 Å². The van der Waals surface area contributed by atoms with Gasteiger partial charge < -0.3 is 4.43 Å². The summed E-state index contributed by atoms with van der Waals surface area (Å²) in [6, 6.07) is 22.1. The first-order valence-corrected chi connectivity index (χ1v) is 20.5. The lowest BCUT2D eigenvalue weighted by Crippen LogP contribution is -2.66. The molecule has 2 heteroatoms. The summed E-state index contributed by atoms with van der Waals surface area (Å²) in [4.78, 5) is 0. The molecule has 0 fully saturated rings.